The minimum Gasteiger partial charge on any atom is -0.512 e. The number of rotatable bonds is 15. The van der Waals surface area contributed by atoms with Crippen LogP contribution in [-0.4, -0.2) is 36.0 Å². The number of aliphatic hydroxyl groups excluding tert-OH is 1. The van der Waals surface area contributed by atoms with Crippen LogP contribution in [0.1, 0.15) is 88.8 Å². The third-order valence-corrected chi connectivity index (χ3v) is 9.50. The minimum atomic E-state index is -4.03. The van der Waals surface area contributed by atoms with Crippen LogP contribution in [0.3, 0.4) is 0 Å². The molecule has 46 heavy (non-hydrogen) atoms. The van der Waals surface area contributed by atoms with Crippen molar-refractivity contribution in [1.29, 1.82) is 0 Å². The fraction of sp³-hybridized carbons (Fsp3) is 0.417. The molecule has 0 aliphatic carbocycles. The molecule has 0 saturated heterocycles. The Morgan fingerprint density at radius 2 is 1.78 bits per heavy atom. The van der Waals surface area contributed by atoms with Gasteiger partial charge in [0.15, 0.2) is 5.03 Å². The fourth-order valence-electron chi connectivity index (χ4n) is 5.98. The molecule has 3 N–H and O–H groups in total. The Labute approximate surface area is 272 Å². The van der Waals surface area contributed by atoms with E-state index in [9.17, 15) is 23.1 Å². The molecule has 3 aromatic rings. The molecule has 0 radical (unpaired) electrons. The van der Waals surface area contributed by atoms with Gasteiger partial charge in [0.05, 0.1) is 5.57 Å². The van der Waals surface area contributed by atoms with E-state index in [0.717, 1.165) is 18.4 Å². The molecule has 9 nitrogen and oxygen atoms in total. The Morgan fingerprint density at radius 1 is 1.02 bits per heavy atom. The standard InChI is InChI=1S/C36H45N3O6S/c1-5-18-36(19-17-26-11-8-7-9-12-26)22-31(40)34(35(42)45-36)30(6-2)28-13-10-14-29(21-28)39-46(43,44)33-16-15-27(24-38-33)23-37-32(41)20-25(3)4/h7-16,21,24-25,30,39-40H,5-6,17-20,22-23H2,1-4H3,(H,37,41)/t30-,36-/m1/s1. The van der Waals surface area contributed by atoms with Gasteiger partial charge in [0.1, 0.15) is 11.4 Å². The lowest BCUT2D eigenvalue weighted by Gasteiger charge is -2.38. The average Bonchev–Trinajstić information content (AvgIpc) is 3.01. The van der Waals surface area contributed by atoms with Gasteiger partial charge in [-0.05, 0) is 66.5 Å². The van der Waals surface area contributed by atoms with Gasteiger partial charge in [-0.1, -0.05) is 82.6 Å². The van der Waals surface area contributed by atoms with Gasteiger partial charge >= 0.3 is 5.97 Å². The van der Waals surface area contributed by atoms with E-state index in [4.69, 9.17) is 4.74 Å². The number of amides is 1. The predicted octanol–water partition coefficient (Wildman–Crippen LogP) is 6.97. The summed E-state index contributed by atoms with van der Waals surface area (Å²) in [6, 6.07) is 19.8. The second-order valence-corrected chi connectivity index (χ2v) is 14.0. The second kappa shape index (κ2) is 15.4. The largest absolute Gasteiger partial charge is 0.512 e. The summed E-state index contributed by atoms with van der Waals surface area (Å²) in [6.07, 6.45) is 5.33. The zero-order chi connectivity index (χ0) is 33.3. The Kier molecular flexibility index (Phi) is 11.6. The second-order valence-electron chi connectivity index (χ2n) is 12.4. The van der Waals surface area contributed by atoms with Crippen molar-refractivity contribution in [2.45, 2.75) is 95.7 Å². The predicted molar refractivity (Wildman–Crippen MR) is 179 cm³/mol. The van der Waals surface area contributed by atoms with E-state index in [0.29, 0.717) is 42.5 Å². The topological polar surface area (TPSA) is 135 Å². The summed E-state index contributed by atoms with van der Waals surface area (Å²) in [5.74, 6) is -0.836. The summed E-state index contributed by atoms with van der Waals surface area (Å²) in [7, 11) is -4.03. The van der Waals surface area contributed by atoms with Crippen LogP contribution in [0.15, 0.2) is 89.3 Å². The molecule has 1 aliphatic heterocycles. The number of benzene rings is 2. The summed E-state index contributed by atoms with van der Waals surface area (Å²) < 4.78 is 35.1. The highest BCUT2D eigenvalue weighted by Gasteiger charge is 2.43. The van der Waals surface area contributed by atoms with E-state index in [1.807, 2.05) is 64.1 Å². The number of sulfonamides is 1. The van der Waals surface area contributed by atoms with Crippen molar-refractivity contribution < 1.29 is 27.9 Å². The Hall–Kier alpha value is -4.18. The van der Waals surface area contributed by atoms with Gasteiger partial charge < -0.3 is 15.2 Å². The maximum atomic E-state index is 13.6. The number of esters is 1. The van der Waals surface area contributed by atoms with Crippen LogP contribution in [0, 0.1) is 5.92 Å². The molecular formula is C36H45N3O6S. The zero-order valence-electron chi connectivity index (χ0n) is 27.1. The summed E-state index contributed by atoms with van der Waals surface area (Å²) in [4.78, 5) is 29.6. The molecule has 1 aliphatic rings. The van der Waals surface area contributed by atoms with Crippen LogP contribution in [0.25, 0.3) is 0 Å². The molecule has 0 spiro atoms. The van der Waals surface area contributed by atoms with Crippen molar-refractivity contribution in [1.82, 2.24) is 10.3 Å². The van der Waals surface area contributed by atoms with E-state index in [1.165, 1.54) is 12.3 Å². The van der Waals surface area contributed by atoms with E-state index >= 15 is 0 Å². The number of anilines is 1. The highest BCUT2D eigenvalue weighted by Crippen LogP contribution is 2.42. The van der Waals surface area contributed by atoms with E-state index in [2.05, 4.69) is 15.0 Å². The van der Waals surface area contributed by atoms with Crippen LogP contribution in [0.2, 0.25) is 0 Å². The first kappa shape index (κ1) is 34.7. The molecule has 4 rings (SSSR count). The Bertz CT molecular complexity index is 1640. The third kappa shape index (κ3) is 8.96. The lowest BCUT2D eigenvalue weighted by atomic mass is 9.80. The molecule has 2 atom stereocenters. The number of aliphatic hydroxyl groups is 1. The summed E-state index contributed by atoms with van der Waals surface area (Å²) in [6.45, 7) is 8.12. The summed E-state index contributed by atoms with van der Waals surface area (Å²) in [5.41, 5.74) is 2.23. The first-order valence-electron chi connectivity index (χ1n) is 16.0. The molecule has 1 amide bonds. The van der Waals surface area contributed by atoms with E-state index in [-0.39, 0.29) is 41.1 Å². The number of carbonyl (C=O) groups is 2. The number of pyridine rings is 1. The van der Waals surface area contributed by atoms with Crippen LogP contribution in [0.4, 0.5) is 5.69 Å². The van der Waals surface area contributed by atoms with Crippen LogP contribution in [0.5, 0.6) is 0 Å². The van der Waals surface area contributed by atoms with Gasteiger partial charge in [0.2, 0.25) is 5.91 Å². The maximum absolute atomic E-state index is 13.6. The van der Waals surface area contributed by atoms with Crippen molar-refractivity contribution in [3.8, 4) is 0 Å². The van der Waals surface area contributed by atoms with Gasteiger partial charge in [-0.2, -0.15) is 8.42 Å². The number of aromatic nitrogens is 1. The number of hydrogen-bond donors (Lipinski definition) is 3. The molecule has 10 heteroatoms. The number of hydrogen-bond acceptors (Lipinski definition) is 7. The van der Waals surface area contributed by atoms with Gasteiger partial charge in [0.25, 0.3) is 10.0 Å². The van der Waals surface area contributed by atoms with Crippen LogP contribution < -0.4 is 10.0 Å². The number of aryl methyl sites for hydroxylation is 1. The number of ether oxygens (including phenoxy) is 1. The molecule has 0 bridgehead atoms. The smallest absolute Gasteiger partial charge is 0.338 e. The lowest BCUT2D eigenvalue weighted by Crippen LogP contribution is -2.41. The van der Waals surface area contributed by atoms with Gasteiger partial charge in [-0.15, -0.1) is 0 Å². The van der Waals surface area contributed by atoms with Gasteiger partial charge in [-0.25, -0.2) is 9.78 Å². The minimum absolute atomic E-state index is 0.0280. The normalized spacial score (nSPS) is 17.5. The van der Waals surface area contributed by atoms with Crippen molar-refractivity contribution in [3.63, 3.8) is 0 Å². The van der Waals surface area contributed by atoms with Crippen molar-refractivity contribution >= 4 is 27.6 Å². The highest BCUT2D eigenvalue weighted by atomic mass is 32.2. The monoisotopic (exact) mass is 647 g/mol. The number of nitrogens with one attached hydrogen (secondary N) is 2. The number of nitrogens with zero attached hydrogens (tertiary/aromatic N) is 1. The van der Waals surface area contributed by atoms with Crippen LogP contribution >= 0.6 is 0 Å². The molecule has 1 aromatic heterocycles. The molecular weight excluding hydrogens is 602 g/mol. The first-order chi connectivity index (χ1) is 21.9. The quantitative estimate of drug-likeness (QED) is 0.152. The SMILES string of the molecule is CCC[C@@]1(CCc2ccccc2)CC(O)=C([C@H](CC)c2cccc(NS(=O)(=O)c3ccc(CNC(=O)CC(C)C)cn3)c2)C(=O)O1. The van der Waals surface area contributed by atoms with E-state index < -0.39 is 27.5 Å². The number of carbonyl (C=O) groups excluding carboxylic acids is 2. The molecule has 246 valence electrons. The lowest BCUT2D eigenvalue weighted by molar-refractivity contribution is -0.161. The fourth-order valence-corrected chi connectivity index (χ4v) is 6.96. The zero-order valence-corrected chi connectivity index (χ0v) is 27.9. The Balaban J connectivity index is 1.49. The Morgan fingerprint density at radius 3 is 2.41 bits per heavy atom. The molecule has 0 saturated carbocycles. The summed E-state index contributed by atoms with van der Waals surface area (Å²) >= 11 is 0. The van der Waals surface area contributed by atoms with Crippen LogP contribution in [-0.2, 0) is 37.3 Å². The maximum Gasteiger partial charge on any atom is 0.338 e. The molecule has 2 aromatic carbocycles. The van der Waals surface area contributed by atoms with Crippen molar-refractivity contribution in [3.05, 3.63) is 101 Å². The average molecular weight is 648 g/mol. The van der Waals surface area contributed by atoms with Crippen molar-refractivity contribution in [2.75, 3.05) is 4.72 Å². The summed E-state index contributed by atoms with van der Waals surface area (Å²) in [5, 5.41) is 14.0. The molecule has 0 fully saturated rings. The number of cyclic esters (lactones) is 1. The van der Waals surface area contributed by atoms with E-state index in [1.54, 1.807) is 24.3 Å². The molecule has 0 unspecified atom stereocenters. The highest BCUT2D eigenvalue weighted by molar-refractivity contribution is 7.92. The molecule has 2 heterocycles. The third-order valence-electron chi connectivity index (χ3n) is 8.20. The van der Waals surface area contributed by atoms with Gasteiger partial charge in [0, 0.05) is 37.2 Å². The van der Waals surface area contributed by atoms with Gasteiger partial charge in [-0.3, -0.25) is 9.52 Å². The first-order valence-corrected chi connectivity index (χ1v) is 17.5. The van der Waals surface area contributed by atoms with Crippen molar-refractivity contribution in [2.24, 2.45) is 5.92 Å².